The summed E-state index contributed by atoms with van der Waals surface area (Å²) in [5.74, 6) is 0. The first kappa shape index (κ1) is 16.5. The largest absolute Gasteiger partial charge is 0.444 e. The van der Waals surface area contributed by atoms with E-state index in [2.05, 4.69) is 27.7 Å². The van der Waals surface area contributed by atoms with Crippen molar-refractivity contribution in [1.29, 1.82) is 0 Å². The van der Waals surface area contributed by atoms with Crippen LogP contribution in [0.3, 0.4) is 0 Å². The summed E-state index contributed by atoms with van der Waals surface area (Å²) in [7, 11) is 4.07. The average Bonchev–Trinajstić information content (AvgIpc) is 2.34. The standard InChI is InChI=1S/C17H27N3O2/c1-17(2,3)22-16(21)19-13-10-12(11-13)18-14-8-6-7-9-15(14)20(4)5/h6-9,12-13,18H,10-11H2,1-5H3,(H,19,21). The molecule has 2 rings (SSSR count). The smallest absolute Gasteiger partial charge is 0.407 e. The molecule has 0 aliphatic heterocycles. The van der Waals surface area contributed by atoms with Crippen molar-refractivity contribution in [2.24, 2.45) is 0 Å². The zero-order valence-corrected chi connectivity index (χ0v) is 14.1. The van der Waals surface area contributed by atoms with Crippen LogP contribution >= 0.6 is 0 Å². The number of benzene rings is 1. The number of carbonyl (C=O) groups is 1. The van der Waals surface area contributed by atoms with Crippen LogP contribution in [-0.2, 0) is 4.74 Å². The lowest BCUT2D eigenvalue weighted by Gasteiger charge is -2.37. The second-order valence-corrected chi connectivity index (χ2v) is 7.07. The molecule has 5 heteroatoms. The quantitative estimate of drug-likeness (QED) is 0.897. The van der Waals surface area contributed by atoms with Gasteiger partial charge in [0.2, 0.25) is 0 Å². The molecule has 0 heterocycles. The molecule has 22 heavy (non-hydrogen) atoms. The van der Waals surface area contributed by atoms with Gasteiger partial charge in [-0.25, -0.2) is 4.79 Å². The van der Waals surface area contributed by atoms with Gasteiger partial charge in [-0.2, -0.15) is 0 Å². The second kappa shape index (κ2) is 6.46. The van der Waals surface area contributed by atoms with Gasteiger partial charge in [0.05, 0.1) is 11.4 Å². The normalized spacial score (nSPS) is 20.8. The molecule has 0 aromatic heterocycles. The highest BCUT2D eigenvalue weighted by atomic mass is 16.6. The van der Waals surface area contributed by atoms with E-state index < -0.39 is 5.60 Å². The highest BCUT2D eigenvalue weighted by molar-refractivity contribution is 5.70. The van der Waals surface area contributed by atoms with E-state index in [1.54, 1.807) is 0 Å². The minimum atomic E-state index is -0.448. The summed E-state index contributed by atoms with van der Waals surface area (Å²) < 4.78 is 5.27. The van der Waals surface area contributed by atoms with E-state index in [4.69, 9.17) is 4.74 Å². The van der Waals surface area contributed by atoms with Crippen molar-refractivity contribution in [3.8, 4) is 0 Å². The minimum Gasteiger partial charge on any atom is -0.444 e. The van der Waals surface area contributed by atoms with Crippen LogP contribution in [0.2, 0.25) is 0 Å². The number of ether oxygens (including phenoxy) is 1. The molecule has 0 atom stereocenters. The minimum absolute atomic E-state index is 0.193. The zero-order chi connectivity index (χ0) is 16.3. The molecular weight excluding hydrogens is 278 g/mol. The molecule has 0 unspecified atom stereocenters. The van der Waals surface area contributed by atoms with Crippen molar-refractivity contribution in [2.45, 2.75) is 51.3 Å². The summed E-state index contributed by atoms with van der Waals surface area (Å²) in [5.41, 5.74) is 1.86. The maximum absolute atomic E-state index is 11.7. The van der Waals surface area contributed by atoms with Crippen molar-refractivity contribution in [3.05, 3.63) is 24.3 Å². The van der Waals surface area contributed by atoms with E-state index in [1.165, 1.54) is 5.69 Å². The molecule has 122 valence electrons. The summed E-state index contributed by atoms with van der Waals surface area (Å²) in [6.07, 6.45) is 1.51. The highest BCUT2D eigenvalue weighted by Crippen LogP contribution is 2.29. The lowest BCUT2D eigenvalue weighted by molar-refractivity contribution is 0.0475. The summed E-state index contributed by atoms with van der Waals surface area (Å²) in [4.78, 5) is 13.8. The van der Waals surface area contributed by atoms with Crippen molar-refractivity contribution in [1.82, 2.24) is 5.32 Å². The first-order valence-electron chi connectivity index (χ1n) is 7.77. The predicted octanol–water partition coefficient (Wildman–Crippen LogP) is 3.22. The number of hydrogen-bond acceptors (Lipinski definition) is 4. The molecule has 0 bridgehead atoms. The lowest BCUT2D eigenvalue weighted by atomic mass is 9.86. The van der Waals surface area contributed by atoms with Gasteiger partial charge in [-0.05, 0) is 45.7 Å². The summed E-state index contributed by atoms with van der Waals surface area (Å²) in [5, 5.41) is 6.46. The number of nitrogens with zero attached hydrogens (tertiary/aromatic N) is 1. The molecule has 1 aromatic carbocycles. The molecule has 0 saturated heterocycles. The fourth-order valence-corrected chi connectivity index (χ4v) is 2.53. The molecule has 2 N–H and O–H groups in total. The van der Waals surface area contributed by atoms with Crippen LogP contribution in [0.4, 0.5) is 16.2 Å². The lowest BCUT2D eigenvalue weighted by Crippen LogP contribution is -2.50. The number of hydrogen-bond donors (Lipinski definition) is 2. The third kappa shape index (κ3) is 4.55. The number of carbonyl (C=O) groups excluding carboxylic acids is 1. The molecule has 0 radical (unpaired) electrons. The van der Waals surface area contributed by atoms with Crippen LogP contribution in [-0.4, -0.2) is 37.9 Å². The van der Waals surface area contributed by atoms with Crippen molar-refractivity contribution in [3.63, 3.8) is 0 Å². The monoisotopic (exact) mass is 305 g/mol. The number of amides is 1. The third-order valence-electron chi connectivity index (χ3n) is 3.60. The number of anilines is 2. The average molecular weight is 305 g/mol. The Morgan fingerprint density at radius 1 is 1.18 bits per heavy atom. The maximum Gasteiger partial charge on any atom is 0.407 e. The maximum atomic E-state index is 11.7. The fraction of sp³-hybridized carbons (Fsp3) is 0.588. The first-order chi connectivity index (χ1) is 10.2. The Kier molecular flexibility index (Phi) is 4.84. The van der Waals surface area contributed by atoms with Crippen LogP contribution in [0.15, 0.2) is 24.3 Å². The molecule has 1 aliphatic carbocycles. The van der Waals surface area contributed by atoms with Crippen LogP contribution in [0, 0.1) is 0 Å². The Morgan fingerprint density at radius 2 is 1.82 bits per heavy atom. The summed E-state index contributed by atoms with van der Waals surface area (Å²) in [6, 6.07) is 8.83. The van der Waals surface area contributed by atoms with Gasteiger partial charge in [0.1, 0.15) is 5.60 Å². The number of rotatable bonds is 4. The Hall–Kier alpha value is -1.91. The topological polar surface area (TPSA) is 53.6 Å². The summed E-state index contributed by atoms with van der Waals surface area (Å²) in [6.45, 7) is 5.61. The van der Waals surface area contributed by atoms with E-state index in [0.29, 0.717) is 6.04 Å². The van der Waals surface area contributed by atoms with Gasteiger partial charge >= 0.3 is 6.09 Å². The Morgan fingerprint density at radius 3 is 2.41 bits per heavy atom. The Bertz CT molecular complexity index is 517. The molecule has 1 aromatic rings. The van der Waals surface area contributed by atoms with Gasteiger partial charge in [0.15, 0.2) is 0 Å². The van der Waals surface area contributed by atoms with Gasteiger partial charge in [-0.1, -0.05) is 12.1 Å². The molecule has 1 amide bonds. The first-order valence-corrected chi connectivity index (χ1v) is 7.77. The second-order valence-electron chi connectivity index (χ2n) is 7.07. The van der Waals surface area contributed by atoms with Crippen LogP contribution in [0.5, 0.6) is 0 Å². The third-order valence-corrected chi connectivity index (χ3v) is 3.60. The van der Waals surface area contributed by atoms with Crippen LogP contribution < -0.4 is 15.5 Å². The van der Waals surface area contributed by atoms with E-state index in [1.807, 2.05) is 47.0 Å². The highest BCUT2D eigenvalue weighted by Gasteiger charge is 2.31. The fourth-order valence-electron chi connectivity index (χ4n) is 2.53. The van der Waals surface area contributed by atoms with Gasteiger partial charge in [0.25, 0.3) is 0 Å². The van der Waals surface area contributed by atoms with E-state index in [9.17, 15) is 4.79 Å². The SMILES string of the molecule is CN(C)c1ccccc1NC1CC(NC(=O)OC(C)(C)C)C1. The van der Waals surface area contributed by atoms with Gasteiger partial charge in [-0.15, -0.1) is 0 Å². The van der Waals surface area contributed by atoms with Gasteiger partial charge < -0.3 is 20.3 Å². The van der Waals surface area contributed by atoms with Crippen LogP contribution in [0.1, 0.15) is 33.6 Å². The van der Waals surface area contributed by atoms with Crippen LogP contribution in [0.25, 0.3) is 0 Å². The predicted molar refractivity (Wildman–Crippen MR) is 90.6 cm³/mol. The molecular formula is C17H27N3O2. The molecule has 0 spiro atoms. The molecule has 1 fully saturated rings. The van der Waals surface area contributed by atoms with Crippen molar-refractivity contribution < 1.29 is 9.53 Å². The Labute approximate surface area is 133 Å². The molecule has 1 aliphatic rings. The van der Waals surface area contributed by atoms with E-state index >= 15 is 0 Å². The van der Waals surface area contributed by atoms with E-state index in [-0.39, 0.29) is 12.1 Å². The van der Waals surface area contributed by atoms with Gasteiger partial charge in [-0.3, -0.25) is 0 Å². The zero-order valence-electron chi connectivity index (χ0n) is 14.1. The van der Waals surface area contributed by atoms with E-state index in [0.717, 1.165) is 18.5 Å². The summed E-state index contributed by atoms with van der Waals surface area (Å²) >= 11 is 0. The molecule has 5 nitrogen and oxygen atoms in total. The number of nitrogens with one attached hydrogen (secondary N) is 2. The molecule has 1 saturated carbocycles. The number of alkyl carbamates (subject to hydrolysis) is 1. The van der Waals surface area contributed by atoms with Crippen molar-refractivity contribution in [2.75, 3.05) is 24.3 Å². The van der Waals surface area contributed by atoms with Gasteiger partial charge in [0, 0.05) is 26.2 Å². The van der Waals surface area contributed by atoms with Crippen molar-refractivity contribution >= 4 is 17.5 Å². The Balaban J connectivity index is 1.79. The number of para-hydroxylation sites is 2.